The Labute approximate surface area is 93.2 Å². The Morgan fingerprint density at radius 3 is 2.73 bits per heavy atom. The second-order valence-corrected chi connectivity index (χ2v) is 5.34. The summed E-state index contributed by atoms with van der Waals surface area (Å²) in [6.45, 7) is 12.5. The summed E-state index contributed by atoms with van der Waals surface area (Å²) < 4.78 is 5.65. The van der Waals surface area contributed by atoms with Crippen molar-refractivity contribution < 1.29 is 4.74 Å². The fourth-order valence-electron chi connectivity index (χ4n) is 2.46. The molecular weight excluding hydrogens is 188 g/mol. The minimum absolute atomic E-state index is 0.410. The molecule has 0 radical (unpaired) electrons. The third kappa shape index (κ3) is 2.71. The molecule has 1 N–H and O–H groups in total. The molecule has 3 nitrogen and oxygen atoms in total. The highest BCUT2D eigenvalue weighted by atomic mass is 16.5. The van der Waals surface area contributed by atoms with Gasteiger partial charge in [0.15, 0.2) is 0 Å². The van der Waals surface area contributed by atoms with Gasteiger partial charge in [-0.05, 0) is 38.8 Å². The van der Waals surface area contributed by atoms with Gasteiger partial charge in [-0.3, -0.25) is 4.90 Å². The number of hydrogen-bond acceptors (Lipinski definition) is 3. The van der Waals surface area contributed by atoms with Crippen molar-refractivity contribution in [2.75, 3.05) is 32.8 Å². The van der Waals surface area contributed by atoms with E-state index in [2.05, 4.69) is 31.0 Å². The zero-order chi connectivity index (χ0) is 10.8. The lowest BCUT2D eigenvalue weighted by Gasteiger charge is -2.41. The third-order valence-corrected chi connectivity index (χ3v) is 3.88. The largest absolute Gasteiger partial charge is 0.376 e. The molecule has 0 spiro atoms. The summed E-state index contributed by atoms with van der Waals surface area (Å²) in [5, 5.41) is 3.36. The molecule has 2 aliphatic heterocycles. The van der Waals surface area contributed by atoms with Gasteiger partial charge in [-0.25, -0.2) is 0 Å². The van der Waals surface area contributed by atoms with Gasteiger partial charge in [-0.2, -0.15) is 0 Å². The predicted octanol–water partition coefficient (Wildman–Crippen LogP) is 0.951. The molecule has 88 valence electrons. The number of hydrogen-bond donors (Lipinski definition) is 1. The summed E-state index contributed by atoms with van der Waals surface area (Å²) in [7, 11) is 0. The monoisotopic (exact) mass is 212 g/mol. The van der Waals surface area contributed by atoms with Gasteiger partial charge in [0.2, 0.25) is 0 Å². The lowest BCUT2D eigenvalue weighted by atomic mass is 9.88. The summed E-state index contributed by atoms with van der Waals surface area (Å²) in [4.78, 5) is 2.59. The molecule has 15 heavy (non-hydrogen) atoms. The topological polar surface area (TPSA) is 24.5 Å². The molecule has 3 atom stereocenters. The zero-order valence-corrected chi connectivity index (χ0v) is 10.2. The molecule has 2 fully saturated rings. The van der Waals surface area contributed by atoms with E-state index < -0.39 is 0 Å². The maximum atomic E-state index is 5.65. The second kappa shape index (κ2) is 4.81. The highest BCUT2D eigenvalue weighted by Gasteiger charge is 2.29. The first kappa shape index (κ1) is 11.4. The number of rotatable bonds is 3. The first-order chi connectivity index (χ1) is 7.16. The highest BCUT2D eigenvalue weighted by molar-refractivity contribution is 4.84. The summed E-state index contributed by atoms with van der Waals surface area (Å²) in [6, 6.07) is 0.594. The van der Waals surface area contributed by atoms with E-state index >= 15 is 0 Å². The van der Waals surface area contributed by atoms with Crippen LogP contribution in [0.25, 0.3) is 0 Å². The van der Waals surface area contributed by atoms with Crippen LogP contribution in [0.3, 0.4) is 0 Å². The van der Waals surface area contributed by atoms with E-state index in [1.807, 2.05) is 0 Å². The van der Waals surface area contributed by atoms with Crippen LogP contribution in [0, 0.1) is 11.8 Å². The van der Waals surface area contributed by atoms with Gasteiger partial charge >= 0.3 is 0 Å². The maximum absolute atomic E-state index is 5.65. The lowest BCUT2D eigenvalue weighted by molar-refractivity contribution is -0.0570. The Balaban J connectivity index is 1.80. The number of morpholine rings is 1. The summed E-state index contributed by atoms with van der Waals surface area (Å²) >= 11 is 0. The van der Waals surface area contributed by atoms with E-state index in [0.717, 1.165) is 25.0 Å². The molecule has 3 heteroatoms. The average molecular weight is 212 g/mol. The molecule has 0 bridgehead atoms. The number of ether oxygens (including phenoxy) is 1. The number of nitrogens with one attached hydrogen (secondary N) is 1. The molecular formula is C12H24N2O. The lowest BCUT2D eigenvalue weighted by Crippen LogP contribution is -2.53. The summed E-state index contributed by atoms with van der Waals surface area (Å²) in [6.07, 6.45) is 0.410. The zero-order valence-electron chi connectivity index (χ0n) is 10.2. The van der Waals surface area contributed by atoms with Crippen LogP contribution in [0.5, 0.6) is 0 Å². The summed E-state index contributed by atoms with van der Waals surface area (Å²) in [5.41, 5.74) is 0. The molecule has 0 aromatic rings. The van der Waals surface area contributed by atoms with Crippen LogP contribution in [0.1, 0.15) is 20.8 Å². The van der Waals surface area contributed by atoms with Gasteiger partial charge in [0.1, 0.15) is 0 Å². The van der Waals surface area contributed by atoms with Crippen LogP contribution in [0.2, 0.25) is 0 Å². The van der Waals surface area contributed by atoms with Crippen molar-refractivity contribution in [1.82, 2.24) is 10.2 Å². The predicted molar refractivity (Wildman–Crippen MR) is 62.0 cm³/mol. The van der Waals surface area contributed by atoms with Gasteiger partial charge in [0, 0.05) is 19.1 Å². The average Bonchev–Trinajstić information content (AvgIpc) is 2.08. The van der Waals surface area contributed by atoms with Crippen LogP contribution >= 0.6 is 0 Å². The van der Waals surface area contributed by atoms with Crippen molar-refractivity contribution in [1.29, 1.82) is 0 Å². The molecule has 0 aromatic carbocycles. The number of nitrogens with zero attached hydrogens (tertiary/aromatic N) is 1. The van der Waals surface area contributed by atoms with Crippen molar-refractivity contribution in [2.24, 2.45) is 11.8 Å². The van der Waals surface area contributed by atoms with Crippen LogP contribution in [0.4, 0.5) is 0 Å². The van der Waals surface area contributed by atoms with Crippen molar-refractivity contribution >= 4 is 0 Å². The first-order valence-electron chi connectivity index (χ1n) is 6.23. The Hall–Kier alpha value is -0.120. The molecule has 0 aliphatic carbocycles. The van der Waals surface area contributed by atoms with Crippen molar-refractivity contribution in [2.45, 2.75) is 32.9 Å². The van der Waals surface area contributed by atoms with E-state index in [1.54, 1.807) is 0 Å². The normalized spacial score (nSPS) is 36.2. The second-order valence-electron chi connectivity index (χ2n) is 5.34. The van der Waals surface area contributed by atoms with Crippen LogP contribution in [0.15, 0.2) is 0 Å². The molecule has 2 saturated heterocycles. The van der Waals surface area contributed by atoms with Crippen LogP contribution in [-0.2, 0) is 4.74 Å². The minimum atomic E-state index is 0.410. The maximum Gasteiger partial charge on any atom is 0.0674 e. The molecule has 2 rings (SSSR count). The van der Waals surface area contributed by atoms with E-state index in [4.69, 9.17) is 4.74 Å². The quantitative estimate of drug-likeness (QED) is 0.754. The Kier molecular flexibility index (Phi) is 3.65. The molecule has 2 heterocycles. The summed E-state index contributed by atoms with van der Waals surface area (Å²) in [5.74, 6) is 1.72. The first-order valence-corrected chi connectivity index (χ1v) is 6.23. The SMILES string of the molecule is CC1CN(CC(C)C2CNC2)C(C)CO1. The van der Waals surface area contributed by atoms with Crippen LogP contribution in [-0.4, -0.2) is 49.8 Å². The fraction of sp³-hybridized carbons (Fsp3) is 1.00. The Morgan fingerprint density at radius 1 is 1.40 bits per heavy atom. The van der Waals surface area contributed by atoms with Gasteiger partial charge in [-0.15, -0.1) is 0 Å². The third-order valence-electron chi connectivity index (χ3n) is 3.88. The highest BCUT2D eigenvalue weighted by Crippen LogP contribution is 2.20. The Morgan fingerprint density at radius 2 is 2.13 bits per heavy atom. The molecule has 0 aromatic heterocycles. The van der Waals surface area contributed by atoms with Crippen molar-refractivity contribution in [3.63, 3.8) is 0 Å². The van der Waals surface area contributed by atoms with E-state index in [0.29, 0.717) is 12.1 Å². The van der Waals surface area contributed by atoms with Crippen molar-refractivity contribution in [3.8, 4) is 0 Å². The minimum Gasteiger partial charge on any atom is -0.376 e. The van der Waals surface area contributed by atoms with E-state index in [-0.39, 0.29) is 0 Å². The smallest absolute Gasteiger partial charge is 0.0674 e. The van der Waals surface area contributed by atoms with Gasteiger partial charge < -0.3 is 10.1 Å². The fourth-order valence-corrected chi connectivity index (χ4v) is 2.46. The molecule has 2 aliphatic rings. The van der Waals surface area contributed by atoms with E-state index in [1.165, 1.54) is 19.6 Å². The molecule has 0 amide bonds. The molecule has 3 unspecified atom stereocenters. The van der Waals surface area contributed by atoms with Crippen LogP contribution < -0.4 is 5.32 Å². The molecule has 0 saturated carbocycles. The standard InChI is InChI=1S/C12H24N2O/c1-9(12-4-13-5-12)6-14-7-11(3)15-8-10(14)2/h9-13H,4-8H2,1-3H3. The van der Waals surface area contributed by atoms with Gasteiger partial charge in [-0.1, -0.05) is 6.92 Å². The van der Waals surface area contributed by atoms with Gasteiger partial charge in [0.25, 0.3) is 0 Å². The van der Waals surface area contributed by atoms with Gasteiger partial charge in [0.05, 0.1) is 12.7 Å². The van der Waals surface area contributed by atoms with E-state index in [9.17, 15) is 0 Å². The Bertz CT molecular complexity index is 206. The van der Waals surface area contributed by atoms with Crippen molar-refractivity contribution in [3.05, 3.63) is 0 Å².